The summed E-state index contributed by atoms with van der Waals surface area (Å²) in [4.78, 5) is 4.74. The summed E-state index contributed by atoms with van der Waals surface area (Å²) < 4.78 is 14.2. The number of halogens is 3. The molecule has 0 spiro atoms. The summed E-state index contributed by atoms with van der Waals surface area (Å²) in [6, 6.07) is 3.41. The molecule has 0 aliphatic heterocycles. The molecule has 1 aromatic heterocycles. The number of benzene rings is 1. The molecule has 1 nitrogen and oxygen atoms in total. The quantitative estimate of drug-likeness (QED) is 0.642. The van der Waals surface area contributed by atoms with Crippen LogP contribution in [0.15, 0.2) is 16.6 Å². The fourth-order valence-electron chi connectivity index (χ4n) is 2.90. The number of pyridine rings is 1. The first-order valence-electron chi connectivity index (χ1n) is 6.52. The largest absolute Gasteiger partial charge is 0.252 e. The fraction of sp³-hybridized carbons (Fsp3) is 0.400. The molecular weight excluding hydrogens is 329 g/mol. The number of hydrogen-bond acceptors (Lipinski definition) is 1. The van der Waals surface area contributed by atoms with Gasteiger partial charge >= 0.3 is 0 Å². The highest BCUT2D eigenvalue weighted by atomic mass is 79.9. The molecule has 1 fully saturated rings. The van der Waals surface area contributed by atoms with Gasteiger partial charge in [0, 0.05) is 17.0 Å². The van der Waals surface area contributed by atoms with Crippen molar-refractivity contribution in [1.29, 1.82) is 0 Å². The third-order valence-corrected chi connectivity index (χ3v) is 4.98. The Labute approximate surface area is 125 Å². The Morgan fingerprint density at radius 2 is 2.00 bits per heavy atom. The van der Waals surface area contributed by atoms with E-state index >= 15 is 0 Å². The highest BCUT2D eigenvalue weighted by molar-refractivity contribution is 9.10. The van der Waals surface area contributed by atoms with Gasteiger partial charge in [-0.15, -0.1) is 0 Å². The van der Waals surface area contributed by atoms with Crippen LogP contribution in [-0.4, -0.2) is 4.98 Å². The SMILES string of the molecule is Cc1cc(F)c(Br)c2c(Cl)cc(C3CCCC3)nc12. The molecule has 19 heavy (non-hydrogen) atoms. The first-order chi connectivity index (χ1) is 9.08. The maximum atomic E-state index is 13.8. The van der Waals surface area contributed by atoms with Crippen LogP contribution in [0.5, 0.6) is 0 Å². The molecule has 100 valence electrons. The molecule has 1 aliphatic carbocycles. The van der Waals surface area contributed by atoms with Gasteiger partial charge in [0.2, 0.25) is 0 Å². The van der Waals surface area contributed by atoms with Gasteiger partial charge in [0.15, 0.2) is 0 Å². The van der Waals surface area contributed by atoms with Crippen LogP contribution in [0, 0.1) is 12.7 Å². The molecule has 1 aliphatic rings. The van der Waals surface area contributed by atoms with Crippen molar-refractivity contribution < 1.29 is 4.39 Å². The fourth-order valence-corrected chi connectivity index (χ4v) is 3.82. The zero-order valence-electron chi connectivity index (χ0n) is 10.6. The van der Waals surface area contributed by atoms with E-state index in [4.69, 9.17) is 16.6 Å². The Balaban J connectivity index is 2.25. The van der Waals surface area contributed by atoms with E-state index in [0.29, 0.717) is 20.8 Å². The van der Waals surface area contributed by atoms with E-state index < -0.39 is 0 Å². The van der Waals surface area contributed by atoms with Gasteiger partial charge in [-0.1, -0.05) is 24.4 Å². The van der Waals surface area contributed by atoms with Crippen LogP contribution in [0.2, 0.25) is 5.02 Å². The zero-order chi connectivity index (χ0) is 13.6. The van der Waals surface area contributed by atoms with Crippen LogP contribution in [0.3, 0.4) is 0 Å². The summed E-state index contributed by atoms with van der Waals surface area (Å²) in [7, 11) is 0. The molecule has 2 aromatic rings. The molecular formula is C15H14BrClFN. The molecule has 3 rings (SSSR count). The lowest BCUT2D eigenvalue weighted by atomic mass is 10.0. The van der Waals surface area contributed by atoms with E-state index in [1.807, 2.05) is 13.0 Å². The highest BCUT2D eigenvalue weighted by Gasteiger charge is 2.21. The Kier molecular flexibility index (Phi) is 3.52. The van der Waals surface area contributed by atoms with Crippen molar-refractivity contribution in [1.82, 2.24) is 4.98 Å². The van der Waals surface area contributed by atoms with E-state index in [2.05, 4.69) is 15.9 Å². The predicted molar refractivity (Wildman–Crippen MR) is 80.4 cm³/mol. The van der Waals surface area contributed by atoms with Crippen LogP contribution in [0.1, 0.15) is 42.9 Å². The van der Waals surface area contributed by atoms with E-state index in [-0.39, 0.29) is 5.82 Å². The third-order valence-electron chi connectivity index (χ3n) is 3.91. The van der Waals surface area contributed by atoms with Crippen molar-refractivity contribution in [2.24, 2.45) is 0 Å². The summed E-state index contributed by atoms with van der Waals surface area (Å²) in [6.45, 7) is 1.87. The van der Waals surface area contributed by atoms with E-state index in [1.54, 1.807) is 0 Å². The van der Waals surface area contributed by atoms with Gasteiger partial charge in [-0.25, -0.2) is 4.39 Å². The zero-order valence-corrected chi connectivity index (χ0v) is 13.0. The Morgan fingerprint density at radius 3 is 2.68 bits per heavy atom. The summed E-state index contributed by atoms with van der Waals surface area (Å²) >= 11 is 9.63. The van der Waals surface area contributed by atoms with Crippen LogP contribution >= 0.6 is 27.5 Å². The lowest BCUT2D eigenvalue weighted by molar-refractivity contribution is 0.622. The Bertz CT molecular complexity index is 650. The second kappa shape index (κ2) is 5.02. The van der Waals surface area contributed by atoms with Gasteiger partial charge in [0.05, 0.1) is 15.0 Å². The molecule has 1 heterocycles. The molecule has 0 saturated heterocycles. The van der Waals surface area contributed by atoms with Crippen molar-refractivity contribution in [2.75, 3.05) is 0 Å². The number of aryl methyl sites for hydroxylation is 1. The van der Waals surface area contributed by atoms with Gasteiger partial charge in [-0.05, 0) is 53.4 Å². The minimum Gasteiger partial charge on any atom is -0.252 e. The van der Waals surface area contributed by atoms with Crippen molar-refractivity contribution in [3.05, 3.63) is 38.7 Å². The highest BCUT2D eigenvalue weighted by Crippen LogP contribution is 2.39. The lowest BCUT2D eigenvalue weighted by Crippen LogP contribution is -1.99. The summed E-state index contributed by atoms with van der Waals surface area (Å²) in [5.41, 5.74) is 2.69. The average Bonchev–Trinajstić information content (AvgIpc) is 2.89. The standard InChI is InChI=1S/C15H14BrClFN/c1-8-6-11(18)14(16)13-10(17)7-12(19-15(8)13)9-4-2-3-5-9/h6-7,9H,2-5H2,1H3. The molecule has 0 N–H and O–H groups in total. The first-order valence-corrected chi connectivity index (χ1v) is 7.69. The number of hydrogen-bond donors (Lipinski definition) is 0. The van der Waals surface area contributed by atoms with Gasteiger partial charge in [-0.3, -0.25) is 4.98 Å². The number of nitrogens with zero attached hydrogens (tertiary/aromatic N) is 1. The van der Waals surface area contributed by atoms with Gasteiger partial charge in [0.25, 0.3) is 0 Å². The number of rotatable bonds is 1. The first kappa shape index (κ1) is 13.3. The lowest BCUT2D eigenvalue weighted by Gasteiger charge is -2.13. The number of fused-ring (bicyclic) bond motifs is 1. The minimum atomic E-state index is -0.290. The second-order valence-corrected chi connectivity index (χ2v) is 6.42. The number of aromatic nitrogens is 1. The van der Waals surface area contributed by atoms with E-state index in [1.165, 1.54) is 31.7 Å². The minimum absolute atomic E-state index is 0.290. The maximum absolute atomic E-state index is 13.8. The summed E-state index contributed by atoms with van der Waals surface area (Å²) in [6.07, 6.45) is 4.87. The Hall–Kier alpha value is -0.670. The summed E-state index contributed by atoms with van der Waals surface area (Å²) in [5.74, 6) is 0.215. The van der Waals surface area contributed by atoms with Crippen molar-refractivity contribution >= 4 is 38.4 Å². The van der Waals surface area contributed by atoms with Gasteiger partial charge < -0.3 is 0 Å². The van der Waals surface area contributed by atoms with Crippen LogP contribution in [0.25, 0.3) is 10.9 Å². The molecule has 1 aromatic carbocycles. The van der Waals surface area contributed by atoms with Crippen LogP contribution in [-0.2, 0) is 0 Å². The van der Waals surface area contributed by atoms with Crippen molar-refractivity contribution in [3.8, 4) is 0 Å². The van der Waals surface area contributed by atoms with Gasteiger partial charge in [0.1, 0.15) is 5.82 Å². The smallest absolute Gasteiger partial charge is 0.138 e. The van der Waals surface area contributed by atoms with Crippen molar-refractivity contribution in [3.63, 3.8) is 0 Å². The van der Waals surface area contributed by atoms with Crippen LogP contribution < -0.4 is 0 Å². The molecule has 4 heteroatoms. The van der Waals surface area contributed by atoms with Crippen LogP contribution in [0.4, 0.5) is 4.39 Å². The van der Waals surface area contributed by atoms with Gasteiger partial charge in [-0.2, -0.15) is 0 Å². The monoisotopic (exact) mass is 341 g/mol. The van der Waals surface area contributed by atoms with Crippen molar-refractivity contribution in [2.45, 2.75) is 38.5 Å². The molecule has 0 unspecified atom stereocenters. The molecule has 0 amide bonds. The Morgan fingerprint density at radius 1 is 1.32 bits per heavy atom. The average molecular weight is 343 g/mol. The summed E-state index contributed by atoms with van der Waals surface area (Å²) in [5, 5.41) is 1.27. The molecule has 0 bridgehead atoms. The maximum Gasteiger partial charge on any atom is 0.138 e. The predicted octanol–water partition coefficient (Wildman–Crippen LogP) is 5.76. The van der Waals surface area contributed by atoms with E-state index in [9.17, 15) is 4.39 Å². The molecule has 1 saturated carbocycles. The second-order valence-electron chi connectivity index (χ2n) is 5.22. The molecule has 0 radical (unpaired) electrons. The topological polar surface area (TPSA) is 12.9 Å². The molecule has 0 atom stereocenters. The normalized spacial score (nSPS) is 16.4. The third kappa shape index (κ3) is 2.27. The van der Waals surface area contributed by atoms with E-state index in [0.717, 1.165) is 16.8 Å².